The van der Waals surface area contributed by atoms with Crippen molar-refractivity contribution in [1.82, 2.24) is 5.32 Å². The number of amides is 1. The molecule has 0 heterocycles. The lowest BCUT2D eigenvalue weighted by molar-refractivity contribution is -0.384. The summed E-state index contributed by atoms with van der Waals surface area (Å²) in [7, 11) is 0. The zero-order chi connectivity index (χ0) is 16.1. The van der Waals surface area contributed by atoms with Crippen molar-refractivity contribution in [3.63, 3.8) is 0 Å². The van der Waals surface area contributed by atoms with Gasteiger partial charge in [-0.3, -0.25) is 14.9 Å². The lowest BCUT2D eigenvalue weighted by Crippen LogP contribution is -2.42. The van der Waals surface area contributed by atoms with Crippen LogP contribution < -0.4 is 10.6 Å². The summed E-state index contributed by atoms with van der Waals surface area (Å²) in [6.07, 6.45) is 4.20. The number of nitro benzene ring substituents is 1. The van der Waals surface area contributed by atoms with Crippen LogP contribution in [0.15, 0.2) is 18.2 Å². The van der Waals surface area contributed by atoms with Crippen LogP contribution in [0.5, 0.6) is 0 Å². The quantitative estimate of drug-likeness (QED) is 0.641. The molecule has 0 radical (unpaired) electrons. The molecule has 0 saturated heterocycles. The monoisotopic (exact) mass is 302 g/mol. The Morgan fingerprint density at radius 2 is 2.14 bits per heavy atom. The summed E-state index contributed by atoms with van der Waals surface area (Å²) in [4.78, 5) is 22.6. The lowest BCUT2D eigenvalue weighted by atomic mass is 10.1. The Kier molecular flexibility index (Phi) is 4.94. The number of hydrogen-bond acceptors (Lipinski definition) is 5. The first kappa shape index (κ1) is 15.8. The third kappa shape index (κ3) is 3.73. The van der Waals surface area contributed by atoms with Gasteiger partial charge in [-0.05, 0) is 31.9 Å². The maximum atomic E-state index is 12.1. The van der Waals surface area contributed by atoms with Crippen molar-refractivity contribution in [2.24, 2.45) is 0 Å². The van der Waals surface area contributed by atoms with Gasteiger partial charge in [-0.2, -0.15) is 5.26 Å². The van der Waals surface area contributed by atoms with Gasteiger partial charge in [-0.1, -0.05) is 12.8 Å². The van der Waals surface area contributed by atoms with Gasteiger partial charge in [0.05, 0.1) is 16.6 Å². The Bertz CT molecular complexity index is 618. The maximum Gasteiger partial charge on any atom is 0.293 e. The fraction of sp³-hybridized carbons (Fsp3) is 0.467. The molecular formula is C15H18N4O3. The molecule has 1 atom stereocenters. The zero-order valence-electron chi connectivity index (χ0n) is 12.3. The highest BCUT2D eigenvalue weighted by atomic mass is 16.6. The first-order chi connectivity index (χ1) is 10.5. The van der Waals surface area contributed by atoms with E-state index in [9.17, 15) is 14.9 Å². The molecule has 22 heavy (non-hydrogen) atoms. The maximum absolute atomic E-state index is 12.1. The van der Waals surface area contributed by atoms with E-state index in [1.54, 1.807) is 6.92 Å². The van der Waals surface area contributed by atoms with Crippen molar-refractivity contribution in [2.45, 2.75) is 44.7 Å². The fourth-order valence-corrected chi connectivity index (χ4v) is 2.57. The van der Waals surface area contributed by atoms with Crippen LogP contribution in [0.25, 0.3) is 0 Å². The molecule has 2 N–H and O–H groups in total. The van der Waals surface area contributed by atoms with E-state index in [-0.39, 0.29) is 28.9 Å². The minimum atomic E-state index is -0.591. The molecule has 1 aliphatic rings. The van der Waals surface area contributed by atoms with E-state index in [0.717, 1.165) is 25.7 Å². The number of nitrogens with zero attached hydrogens (tertiary/aromatic N) is 2. The minimum Gasteiger partial charge on any atom is -0.368 e. The van der Waals surface area contributed by atoms with Crippen molar-refractivity contribution in [3.05, 3.63) is 33.9 Å². The normalized spacial score (nSPS) is 15.8. The average Bonchev–Trinajstić information content (AvgIpc) is 3.00. The number of nitrogens with one attached hydrogen (secondary N) is 2. The summed E-state index contributed by atoms with van der Waals surface area (Å²) in [6.45, 7) is 1.66. The molecule has 0 aromatic heterocycles. The van der Waals surface area contributed by atoms with Gasteiger partial charge in [-0.15, -0.1) is 0 Å². The summed E-state index contributed by atoms with van der Waals surface area (Å²) < 4.78 is 0. The number of rotatable bonds is 5. The fourth-order valence-electron chi connectivity index (χ4n) is 2.57. The molecule has 0 aliphatic heterocycles. The van der Waals surface area contributed by atoms with Gasteiger partial charge in [0, 0.05) is 12.1 Å². The molecule has 0 bridgehead atoms. The van der Waals surface area contributed by atoms with Crippen LogP contribution in [0.3, 0.4) is 0 Å². The Morgan fingerprint density at radius 3 is 2.73 bits per heavy atom. The highest BCUT2D eigenvalue weighted by Gasteiger charge is 2.23. The molecule has 7 heteroatoms. The third-order valence-corrected chi connectivity index (χ3v) is 3.79. The lowest BCUT2D eigenvalue weighted by Gasteiger charge is -2.18. The van der Waals surface area contributed by atoms with E-state index < -0.39 is 11.0 Å². The summed E-state index contributed by atoms with van der Waals surface area (Å²) in [5.41, 5.74) is 0.234. The summed E-state index contributed by atoms with van der Waals surface area (Å²) in [5, 5.41) is 25.7. The number of nitriles is 1. The van der Waals surface area contributed by atoms with Crippen LogP contribution in [0, 0.1) is 21.4 Å². The van der Waals surface area contributed by atoms with E-state index in [1.807, 2.05) is 6.07 Å². The number of benzene rings is 1. The van der Waals surface area contributed by atoms with Gasteiger partial charge in [0.15, 0.2) is 0 Å². The van der Waals surface area contributed by atoms with Crippen LogP contribution in [-0.2, 0) is 4.79 Å². The predicted molar refractivity (Wildman–Crippen MR) is 81.3 cm³/mol. The zero-order valence-corrected chi connectivity index (χ0v) is 12.3. The Hall–Kier alpha value is -2.62. The predicted octanol–water partition coefficient (Wildman–Crippen LogP) is 2.33. The Balaban J connectivity index is 2.07. The number of carbonyl (C=O) groups is 1. The Labute approximate surface area is 128 Å². The first-order valence-electron chi connectivity index (χ1n) is 7.26. The molecule has 1 aromatic carbocycles. The standard InChI is InChI=1S/C15H18N4O3/c1-10(15(20)18-12-4-2-3-5-12)17-13-7-6-11(9-16)8-14(13)19(21)22/h6-8,10,12,17H,2-5H2,1H3,(H,18,20)/t10-/m0/s1. The van der Waals surface area contributed by atoms with E-state index >= 15 is 0 Å². The molecule has 1 aliphatic carbocycles. The molecular weight excluding hydrogens is 284 g/mol. The number of hydrogen-bond donors (Lipinski definition) is 2. The molecule has 0 unspecified atom stereocenters. The van der Waals surface area contributed by atoms with Crippen LogP contribution in [0.4, 0.5) is 11.4 Å². The van der Waals surface area contributed by atoms with Gasteiger partial charge in [0.1, 0.15) is 11.7 Å². The second-order valence-corrected chi connectivity index (χ2v) is 5.46. The average molecular weight is 302 g/mol. The highest BCUT2D eigenvalue weighted by Crippen LogP contribution is 2.26. The molecule has 1 saturated carbocycles. The van der Waals surface area contributed by atoms with Crippen molar-refractivity contribution >= 4 is 17.3 Å². The SMILES string of the molecule is C[C@H](Nc1ccc(C#N)cc1[N+](=O)[O-])C(=O)NC1CCCC1. The van der Waals surface area contributed by atoms with Gasteiger partial charge in [0.25, 0.3) is 5.69 Å². The molecule has 0 spiro atoms. The van der Waals surface area contributed by atoms with Crippen molar-refractivity contribution in [3.8, 4) is 6.07 Å². The molecule has 2 rings (SSSR count). The second-order valence-electron chi connectivity index (χ2n) is 5.46. The van der Waals surface area contributed by atoms with E-state index in [1.165, 1.54) is 18.2 Å². The molecule has 1 fully saturated rings. The number of nitro groups is 1. The van der Waals surface area contributed by atoms with E-state index in [0.29, 0.717) is 0 Å². The number of carbonyl (C=O) groups excluding carboxylic acids is 1. The van der Waals surface area contributed by atoms with Gasteiger partial charge >= 0.3 is 0 Å². The van der Waals surface area contributed by atoms with Crippen molar-refractivity contribution < 1.29 is 9.72 Å². The smallest absolute Gasteiger partial charge is 0.293 e. The first-order valence-corrected chi connectivity index (χ1v) is 7.26. The van der Waals surface area contributed by atoms with Crippen LogP contribution >= 0.6 is 0 Å². The molecule has 116 valence electrons. The highest BCUT2D eigenvalue weighted by molar-refractivity contribution is 5.85. The van der Waals surface area contributed by atoms with Crippen molar-refractivity contribution in [2.75, 3.05) is 5.32 Å². The molecule has 7 nitrogen and oxygen atoms in total. The summed E-state index contributed by atoms with van der Waals surface area (Å²) >= 11 is 0. The largest absolute Gasteiger partial charge is 0.368 e. The Morgan fingerprint density at radius 1 is 1.45 bits per heavy atom. The van der Waals surface area contributed by atoms with Crippen LogP contribution in [0.2, 0.25) is 0 Å². The minimum absolute atomic E-state index is 0.175. The topological polar surface area (TPSA) is 108 Å². The van der Waals surface area contributed by atoms with Gasteiger partial charge < -0.3 is 10.6 Å². The second kappa shape index (κ2) is 6.89. The van der Waals surface area contributed by atoms with Crippen LogP contribution in [0.1, 0.15) is 38.2 Å². The van der Waals surface area contributed by atoms with Gasteiger partial charge in [0.2, 0.25) is 5.91 Å². The van der Waals surface area contributed by atoms with Gasteiger partial charge in [-0.25, -0.2) is 0 Å². The summed E-state index contributed by atoms with van der Waals surface area (Å²) in [5.74, 6) is -0.175. The van der Waals surface area contributed by atoms with Crippen molar-refractivity contribution in [1.29, 1.82) is 5.26 Å². The molecule has 1 aromatic rings. The number of anilines is 1. The summed E-state index contributed by atoms with van der Waals surface area (Å²) in [6, 6.07) is 5.61. The third-order valence-electron chi connectivity index (χ3n) is 3.79. The molecule has 1 amide bonds. The van der Waals surface area contributed by atoms with E-state index in [2.05, 4.69) is 10.6 Å². The van der Waals surface area contributed by atoms with E-state index in [4.69, 9.17) is 5.26 Å². The van der Waals surface area contributed by atoms with Crippen LogP contribution in [-0.4, -0.2) is 22.9 Å².